The third-order valence-corrected chi connectivity index (χ3v) is 9.11. The van der Waals surface area contributed by atoms with Gasteiger partial charge in [0.15, 0.2) is 9.79 Å². The Balaban J connectivity index is 1.85. The molecule has 0 spiro atoms. The van der Waals surface area contributed by atoms with E-state index >= 15 is 0 Å². The number of ether oxygens (including phenoxy) is 1. The van der Waals surface area contributed by atoms with E-state index in [1.54, 1.807) is 0 Å². The summed E-state index contributed by atoms with van der Waals surface area (Å²) in [5.74, 6) is 1.06. The van der Waals surface area contributed by atoms with Gasteiger partial charge in [-0.25, -0.2) is 0 Å². The first-order chi connectivity index (χ1) is 17.0. The monoisotopic (exact) mass is 497 g/mol. The number of carbonyl (C=O) groups is 1. The number of hydrogen-bond acceptors (Lipinski definition) is 2. The van der Waals surface area contributed by atoms with Crippen LogP contribution in [-0.2, 0) is 26.8 Å². The van der Waals surface area contributed by atoms with Crippen molar-refractivity contribution in [2.24, 2.45) is 0 Å². The maximum atomic E-state index is 12.0. The normalized spacial score (nSPS) is 12.0. The Morgan fingerprint density at radius 3 is 1.80 bits per heavy atom. The van der Waals surface area contributed by atoms with Gasteiger partial charge in [0.05, 0.1) is 23.9 Å². The third-order valence-electron chi connectivity index (χ3n) is 6.75. The van der Waals surface area contributed by atoms with Crippen LogP contribution < -0.4 is 0 Å². The zero-order valence-electron chi connectivity index (χ0n) is 22.9. The van der Waals surface area contributed by atoms with Gasteiger partial charge in [0.25, 0.3) is 0 Å². The first-order valence-electron chi connectivity index (χ1n) is 14.1. The molecule has 35 heavy (non-hydrogen) atoms. The molecule has 0 bridgehead atoms. The molecule has 0 aliphatic rings. The summed E-state index contributed by atoms with van der Waals surface area (Å²) >= 11 is 0. The Hall–Kier alpha value is -1.74. The first-order valence-corrected chi connectivity index (χ1v) is 15.5. The lowest BCUT2D eigenvalue weighted by Gasteiger charge is -2.12. The summed E-state index contributed by atoms with van der Waals surface area (Å²) in [7, 11) is 0.0751. The van der Waals surface area contributed by atoms with Crippen molar-refractivity contribution in [3.8, 4) is 0 Å². The van der Waals surface area contributed by atoms with Crippen molar-refractivity contribution in [1.82, 2.24) is 0 Å². The van der Waals surface area contributed by atoms with Gasteiger partial charge in [-0.2, -0.15) is 0 Å². The maximum absolute atomic E-state index is 12.0. The number of aryl methyl sites for hydroxylation is 2. The minimum atomic E-state index is -0.141. The van der Waals surface area contributed by atoms with Gasteiger partial charge in [0.2, 0.25) is 0 Å². The fraction of sp³-hybridized carbons (Fsp3) is 0.594. The summed E-state index contributed by atoms with van der Waals surface area (Å²) in [4.78, 5) is 14.8. The Kier molecular flexibility index (Phi) is 14.9. The average molecular weight is 498 g/mol. The zero-order valence-corrected chi connectivity index (χ0v) is 23.7. The average Bonchev–Trinajstić information content (AvgIpc) is 2.84. The summed E-state index contributed by atoms with van der Waals surface area (Å²) in [6.45, 7) is 8.86. The molecule has 2 aromatic carbocycles. The molecule has 0 N–H and O–H groups in total. The van der Waals surface area contributed by atoms with Gasteiger partial charge in [-0.15, -0.1) is 0 Å². The Labute approximate surface area is 218 Å². The number of carbonyl (C=O) groups excluding carboxylic acids is 1. The lowest BCUT2D eigenvalue weighted by Crippen LogP contribution is -2.11. The molecule has 0 aromatic heterocycles. The van der Waals surface area contributed by atoms with Crippen LogP contribution in [0.25, 0.3) is 0 Å². The Bertz CT molecular complexity index is 843. The Morgan fingerprint density at radius 1 is 0.714 bits per heavy atom. The molecule has 0 heterocycles. The molecule has 1 atom stereocenters. The predicted octanol–water partition coefficient (Wildman–Crippen LogP) is 9.15. The molecule has 0 fully saturated rings. The molecule has 194 valence electrons. The molecule has 0 amide bonds. The van der Waals surface area contributed by atoms with Crippen molar-refractivity contribution >= 4 is 16.9 Å². The van der Waals surface area contributed by atoms with Crippen LogP contribution in [0.3, 0.4) is 0 Å². The van der Waals surface area contributed by atoms with Crippen molar-refractivity contribution in [1.29, 1.82) is 0 Å². The van der Waals surface area contributed by atoms with Crippen LogP contribution in [0.4, 0.5) is 0 Å². The van der Waals surface area contributed by atoms with Gasteiger partial charge in [-0.3, -0.25) is 4.79 Å². The number of esters is 1. The fourth-order valence-corrected chi connectivity index (χ4v) is 6.80. The largest absolute Gasteiger partial charge is 0.466 e. The minimum absolute atomic E-state index is 0.0751. The van der Waals surface area contributed by atoms with Gasteiger partial charge in [-0.05, 0) is 69.0 Å². The topological polar surface area (TPSA) is 26.3 Å². The molecule has 2 aromatic rings. The van der Waals surface area contributed by atoms with Crippen molar-refractivity contribution in [3.05, 3.63) is 59.2 Å². The SMILES string of the molecule is CCCCCCCCCCCCCC[S+](c1ccc(C)cc1)c1ccc(CC(=O)OCC)c(C)c1. The van der Waals surface area contributed by atoms with Crippen molar-refractivity contribution in [3.63, 3.8) is 0 Å². The van der Waals surface area contributed by atoms with E-state index in [0.29, 0.717) is 13.0 Å². The number of unbranched alkanes of at least 4 members (excludes halogenated alkanes) is 11. The second-order valence-corrected chi connectivity index (χ2v) is 12.0. The molecule has 0 aliphatic heterocycles. The van der Waals surface area contributed by atoms with E-state index in [9.17, 15) is 4.79 Å². The van der Waals surface area contributed by atoms with E-state index in [1.807, 2.05) is 6.92 Å². The summed E-state index contributed by atoms with van der Waals surface area (Å²) in [6, 6.07) is 15.8. The molecule has 0 aliphatic carbocycles. The maximum Gasteiger partial charge on any atom is 0.310 e. The quantitative estimate of drug-likeness (QED) is 0.117. The molecule has 0 radical (unpaired) electrons. The van der Waals surface area contributed by atoms with Crippen LogP contribution in [-0.4, -0.2) is 18.3 Å². The Morgan fingerprint density at radius 2 is 1.26 bits per heavy atom. The summed E-state index contributed by atoms with van der Waals surface area (Å²) in [5.41, 5.74) is 3.57. The summed E-state index contributed by atoms with van der Waals surface area (Å²) in [6.07, 6.45) is 17.0. The van der Waals surface area contributed by atoms with Crippen LogP contribution in [0.15, 0.2) is 52.3 Å². The fourth-order valence-electron chi connectivity index (χ4n) is 4.55. The molecule has 1 unspecified atom stereocenters. The van der Waals surface area contributed by atoms with E-state index in [1.165, 1.54) is 104 Å². The molecule has 0 saturated carbocycles. The minimum Gasteiger partial charge on any atom is -0.466 e. The smallest absolute Gasteiger partial charge is 0.310 e. The van der Waals surface area contributed by atoms with Crippen LogP contribution in [0.2, 0.25) is 0 Å². The van der Waals surface area contributed by atoms with E-state index in [-0.39, 0.29) is 16.9 Å². The molecular formula is C32H49O2S+. The molecular weight excluding hydrogens is 448 g/mol. The van der Waals surface area contributed by atoms with E-state index in [0.717, 1.165) is 5.56 Å². The van der Waals surface area contributed by atoms with Gasteiger partial charge in [-0.1, -0.05) is 94.9 Å². The summed E-state index contributed by atoms with van der Waals surface area (Å²) < 4.78 is 5.15. The highest BCUT2D eigenvalue weighted by Crippen LogP contribution is 2.28. The van der Waals surface area contributed by atoms with Gasteiger partial charge >= 0.3 is 5.97 Å². The van der Waals surface area contributed by atoms with Crippen molar-refractivity contribution in [2.45, 2.75) is 121 Å². The number of hydrogen-bond donors (Lipinski definition) is 0. The van der Waals surface area contributed by atoms with E-state index in [2.05, 4.69) is 63.2 Å². The van der Waals surface area contributed by atoms with E-state index in [4.69, 9.17) is 4.74 Å². The van der Waals surface area contributed by atoms with Crippen LogP contribution in [0.5, 0.6) is 0 Å². The highest BCUT2D eigenvalue weighted by atomic mass is 32.2. The number of rotatable bonds is 18. The molecule has 2 nitrogen and oxygen atoms in total. The van der Waals surface area contributed by atoms with Crippen molar-refractivity contribution in [2.75, 3.05) is 12.4 Å². The van der Waals surface area contributed by atoms with Crippen molar-refractivity contribution < 1.29 is 9.53 Å². The second-order valence-electron chi connectivity index (χ2n) is 9.87. The van der Waals surface area contributed by atoms with Gasteiger partial charge < -0.3 is 4.74 Å². The summed E-state index contributed by atoms with van der Waals surface area (Å²) in [5, 5.41) is 0. The molecule has 3 heteroatoms. The second kappa shape index (κ2) is 17.7. The molecule has 2 rings (SSSR count). The molecule has 0 saturated heterocycles. The highest BCUT2D eigenvalue weighted by Gasteiger charge is 2.25. The van der Waals surface area contributed by atoms with E-state index < -0.39 is 0 Å². The first kappa shape index (κ1) is 29.5. The highest BCUT2D eigenvalue weighted by molar-refractivity contribution is 7.97. The standard InChI is InChI=1S/C32H49O2S/c1-5-7-8-9-10-11-12-13-14-15-16-17-24-35(30-21-18-27(3)19-22-30)31-23-20-29(28(4)25-31)26-32(33)34-6-2/h18-23,25H,5-17,24,26H2,1-4H3/q+1. The number of benzene rings is 2. The van der Waals surface area contributed by atoms with Crippen LogP contribution >= 0.6 is 0 Å². The van der Waals surface area contributed by atoms with Crippen LogP contribution in [0.1, 0.15) is 108 Å². The lowest BCUT2D eigenvalue weighted by molar-refractivity contribution is -0.142. The van der Waals surface area contributed by atoms with Gasteiger partial charge in [0, 0.05) is 0 Å². The van der Waals surface area contributed by atoms with Crippen LogP contribution in [0, 0.1) is 13.8 Å². The predicted molar refractivity (Wildman–Crippen MR) is 153 cm³/mol. The lowest BCUT2D eigenvalue weighted by atomic mass is 10.1. The zero-order chi connectivity index (χ0) is 25.3. The van der Waals surface area contributed by atoms with Gasteiger partial charge in [0.1, 0.15) is 5.75 Å². The third kappa shape index (κ3) is 11.7.